The normalized spacial score (nSPS) is 10.3. The molecule has 0 rings (SSSR count). The molecule has 40 valence electrons. The molecule has 0 saturated carbocycles. The van der Waals surface area contributed by atoms with E-state index < -0.39 is 5.60 Å². The maximum Gasteiger partial charge on any atom is 0.0589 e. The van der Waals surface area contributed by atoms with E-state index in [0.717, 1.165) is 6.42 Å². The van der Waals surface area contributed by atoms with Crippen LogP contribution in [0, 0.1) is 0 Å². The van der Waals surface area contributed by atoms with Crippen LogP contribution in [-0.2, 0) is 19.5 Å². The van der Waals surface area contributed by atoms with Crippen LogP contribution in [0.3, 0.4) is 0 Å². The number of aliphatic hydroxyl groups is 1. The molecule has 2 heteroatoms. The third-order valence-electron chi connectivity index (χ3n) is 0.865. The van der Waals surface area contributed by atoms with Gasteiger partial charge in [-0.15, -0.1) is 0 Å². The molecule has 0 unspecified atom stereocenters. The molecule has 1 nitrogen and oxygen atoms in total. The van der Waals surface area contributed by atoms with Gasteiger partial charge in [-0.25, -0.2) is 0 Å². The molecular formula is C5H12OZn. The van der Waals surface area contributed by atoms with Crippen molar-refractivity contribution < 1.29 is 24.6 Å². The summed E-state index contributed by atoms with van der Waals surface area (Å²) in [6.07, 6.45) is 0.826. The van der Waals surface area contributed by atoms with Crippen LogP contribution in [0.25, 0.3) is 0 Å². The van der Waals surface area contributed by atoms with Crippen molar-refractivity contribution in [3.63, 3.8) is 0 Å². The SMILES string of the molecule is CCC(C)(C)O.[Zn]. The van der Waals surface area contributed by atoms with E-state index in [1.54, 1.807) is 13.8 Å². The minimum absolute atomic E-state index is 0. The topological polar surface area (TPSA) is 20.2 Å². The van der Waals surface area contributed by atoms with Gasteiger partial charge < -0.3 is 5.11 Å². The molecular weight excluding hydrogens is 141 g/mol. The van der Waals surface area contributed by atoms with Crippen molar-refractivity contribution in [3.05, 3.63) is 0 Å². The molecule has 0 amide bonds. The number of hydrogen-bond donors (Lipinski definition) is 1. The van der Waals surface area contributed by atoms with Gasteiger partial charge in [-0.1, -0.05) is 6.92 Å². The van der Waals surface area contributed by atoms with E-state index in [-0.39, 0.29) is 19.5 Å². The van der Waals surface area contributed by atoms with Gasteiger partial charge in [0.25, 0.3) is 0 Å². The Balaban J connectivity index is 0. The van der Waals surface area contributed by atoms with Crippen LogP contribution in [0.2, 0.25) is 0 Å². The molecule has 0 fully saturated rings. The average molecular weight is 154 g/mol. The van der Waals surface area contributed by atoms with Crippen molar-refractivity contribution in [2.24, 2.45) is 0 Å². The first-order chi connectivity index (χ1) is 2.56. The smallest absolute Gasteiger partial charge is 0.0589 e. The molecule has 0 atom stereocenters. The molecule has 0 aromatic heterocycles. The fraction of sp³-hybridized carbons (Fsp3) is 1.00. The predicted molar refractivity (Wildman–Crippen MR) is 26.6 cm³/mol. The van der Waals surface area contributed by atoms with Gasteiger partial charge in [0.1, 0.15) is 0 Å². The second-order valence-corrected chi connectivity index (χ2v) is 2.17. The quantitative estimate of drug-likeness (QED) is 0.561. The largest absolute Gasteiger partial charge is 0.390 e. The van der Waals surface area contributed by atoms with Crippen LogP contribution < -0.4 is 0 Å². The summed E-state index contributed by atoms with van der Waals surface area (Å²) in [4.78, 5) is 0. The summed E-state index contributed by atoms with van der Waals surface area (Å²) in [5.41, 5.74) is -0.458. The Bertz CT molecular complexity index is 37.8. The van der Waals surface area contributed by atoms with Gasteiger partial charge in [0.05, 0.1) is 5.60 Å². The minimum atomic E-state index is -0.458. The van der Waals surface area contributed by atoms with Crippen LogP contribution in [0.1, 0.15) is 27.2 Å². The Hall–Kier alpha value is 0.583. The van der Waals surface area contributed by atoms with E-state index in [9.17, 15) is 0 Å². The monoisotopic (exact) mass is 152 g/mol. The summed E-state index contributed by atoms with van der Waals surface area (Å²) in [5.74, 6) is 0. The third kappa shape index (κ3) is 10.8. The molecule has 1 N–H and O–H groups in total. The molecule has 0 bridgehead atoms. The van der Waals surface area contributed by atoms with Crippen LogP contribution in [0.4, 0.5) is 0 Å². The fourth-order valence-electron chi connectivity index (χ4n) is 0. The first-order valence-corrected chi connectivity index (χ1v) is 2.28. The van der Waals surface area contributed by atoms with E-state index in [1.165, 1.54) is 0 Å². The van der Waals surface area contributed by atoms with Crippen molar-refractivity contribution in [3.8, 4) is 0 Å². The summed E-state index contributed by atoms with van der Waals surface area (Å²) < 4.78 is 0. The zero-order valence-corrected chi connectivity index (χ0v) is 8.33. The molecule has 0 aromatic carbocycles. The van der Waals surface area contributed by atoms with Crippen molar-refractivity contribution in [1.29, 1.82) is 0 Å². The van der Waals surface area contributed by atoms with Crippen molar-refractivity contribution in [1.82, 2.24) is 0 Å². The van der Waals surface area contributed by atoms with E-state index in [2.05, 4.69) is 0 Å². The summed E-state index contributed by atoms with van der Waals surface area (Å²) >= 11 is 0. The van der Waals surface area contributed by atoms with Crippen LogP contribution >= 0.6 is 0 Å². The zero-order valence-electron chi connectivity index (χ0n) is 5.36. The second-order valence-electron chi connectivity index (χ2n) is 2.17. The van der Waals surface area contributed by atoms with Gasteiger partial charge in [-0.3, -0.25) is 0 Å². The molecule has 0 spiro atoms. The fourth-order valence-corrected chi connectivity index (χ4v) is 0. The van der Waals surface area contributed by atoms with E-state index >= 15 is 0 Å². The number of hydrogen-bond acceptors (Lipinski definition) is 1. The summed E-state index contributed by atoms with van der Waals surface area (Å²) in [5, 5.41) is 8.83. The van der Waals surface area contributed by atoms with E-state index in [4.69, 9.17) is 5.11 Å². The second kappa shape index (κ2) is 3.57. The maximum absolute atomic E-state index is 8.83. The van der Waals surface area contributed by atoms with Gasteiger partial charge in [-0.05, 0) is 20.3 Å². The predicted octanol–water partition coefficient (Wildman–Crippen LogP) is 1.16. The molecule has 0 radical (unpaired) electrons. The van der Waals surface area contributed by atoms with Crippen molar-refractivity contribution in [2.75, 3.05) is 0 Å². The van der Waals surface area contributed by atoms with Gasteiger partial charge in [-0.2, -0.15) is 0 Å². The summed E-state index contributed by atoms with van der Waals surface area (Å²) in [6, 6.07) is 0. The van der Waals surface area contributed by atoms with E-state index in [0.29, 0.717) is 0 Å². The molecule has 7 heavy (non-hydrogen) atoms. The Kier molecular flexibility index (Phi) is 5.38. The molecule has 0 saturated heterocycles. The Morgan fingerprint density at radius 2 is 1.57 bits per heavy atom. The molecule has 0 heterocycles. The first-order valence-electron chi connectivity index (χ1n) is 2.28. The maximum atomic E-state index is 8.83. The third-order valence-corrected chi connectivity index (χ3v) is 0.865. The van der Waals surface area contributed by atoms with Gasteiger partial charge in [0, 0.05) is 19.5 Å². The first kappa shape index (κ1) is 10.5. The summed E-state index contributed by atoms with van der Waals surface area (Å²) in [6.45, 7) is 5.56. The molecule has 0 aliphatic rings. The van der Waals surface area contributed by atoms with E-state index in [1.807, 2.05) is 6.92 Å². The van der Waals surface area contributed by atoms with Crippen LogP contribution in [-0.4, -0.2) is 10.7 Å². The Morgan fingerprint density at radius 3 is 1.57 bits per heavy atom. The van der Waals surface area contributed by atoms with Crippen molar-refractivity contribution in [2.45, 2.75) is 32.8 Å². The minimum Gasteiger partial charge on any atom is -0.390 e. The molecule has 0 aliphatic carbocycles. The van der Waals surface area contributed by atoms with Crippen molar-refractivity contribution >= 4 is 0 Å². The average Bonchev–Trinajstić information content (AvgIpc) is 1.35. The molecule has 0 aromatic rings. The zero-order chi connectivity index (χ0) is 5.21. The van der Waals surface area contributed by atoms with Crippen LogP contribution in [0.15, 0.2) is 0 Å². The number of rotatable bonds is 1. The Labute approximate surface area is 57.9 Å². The Morgan fingerprint density at radius 1 is 1.43 bits per heavy atom. The standard InChI is InChI=1S/C5H12O.Zn/c1-4-5(2,3)6;/h6H,4H2,1-3H3;. The van der Waals surface area contributed by atoms with Gasteiger partial charge in [0.15, 0.2) is 0 Å². The molecule has 0 aliphatic heterocycles. The van der Waals surface area contributed by atoms with Gasteiger partial charge in [0.2, 0.25) is 0 Å². The van der Waals surface area contributed by atoms with Crippen LogP contribution in [0.5, 0.6) is 0 Å². The summed E-state index contributed by atoms with van der Waals surface area (Å²) in [7, 11) is 0. The van der Waals surface area contributed by atoms with Gasteiger partial charge >= 0.3 is 0 Å².